The molecule has 1 fully saturated rings. The van der Waals surface area contributed by atoms with Crippen LogP contribution in [0.2, 0.25) is 0 Å². The SMILES string of the molecule is CCNC(=O)N1CCN(C(=O)CCC(=O)c2ccc(F)cc2)CC1. The number of benzene rings is 1. The second-order valence-corrected chi connectivity index (χ2v) is 5.63. The van der Waals surface area contributed by atoms with Gasteiger partial charge in [0.25, 0.3) is 0 Å². The number of carbonyl (C=O) groups excluding carboxylic acids is 3. The molecule has 6 nitrogen and oxygen atoms in total. The maximum absolute atomic E-state index is 12.8. The maximum Gasteiger partial charge on any atom is 0.317 e. The predicted octanol–water partition coefficient (Wildman–Crippen LogP) is 1.66. The van der Waals surface area contributed by atoms with E-state index in [2.05, 4.69) is 5.32 Å². The van der Waals surface area contributed by atoms with Gasteiger partial charge < -0.3 is 15.1 Å². The molecule has 0 aromatic heterocycles. The Morgan fingerprint density at radius 2 is 1.58 bits per heavy atom. The van der Waals surface area contributed by atoms with E-state index >= 15 is 0 Å². The smallest absolute Gasteiger partial charge is 0.317 e. The summed E-state index contributed by atoms with van der Waals surface area (Å²) in [7, 11) is 0. The predicted molar refractivity (Wildman–Crippen MR) is 87.2 cm³/mol. The molecule has 0 spiro atoms. The van der Waals surface area contributed by atoms with Crippen LogP contribution in [0.1, 0.15) is 30.1 Å². The monoisotopic (exact) mass is 335 g/mol. The van der Waals surface area contributed by atoms with Crippen molar-refractivity contribution >= 4 is 17.7 Å². The lowest BCUT2D eigenvalue weighted by molar-refractivity contribution is -0.132. The molecule has 1 aromatic carbocycles. The van der Waals surface area contributed by atoms with Gasteiger partial charge in [0.2, 0.25) is 5.91 Å². The molecule has 0 bridgehead atoms. The zero-order chi connectivity index (χ0) is 17.5. The van der Waals surface area contributed by atoms with Gasteiger partial charge in [0, 0.05) is 51.1 Å². The number of piperazine rings is 1. The number of nitrogens with one attached hydrogen (secondary N) is 1. The van der Waals surface area contributed by atoms with Crippen LogP contribution in [0.5, 0.6) is 0 Å². The molecule has 7 heteroatoms. The fourth-order valence-corrected chi connectivity index (χ4v) is 2.58. The average molecular weight is 335 g/mol. The molecule has 24 heavy (non-hydrogen) atoms. The minimum atomic E-state index is -0.396. The zero-order valence-electron chi connectivity index (χ0n) is 13.8. The van der Waals surface area contributed by atoms with E-state index in [0.29, 0.717) is 38.3 Å². The highest BCUT2D eigenvalue weighted by molar-refractivity contribution is 5.97. The molecule has 0 saturated carbocycles. The number of hydrogen-bond acceptors (Lipinski definition) is 3. The molecule has 1 N–H and O–H groups in total. The quantitative estimate of drug-likeness (QED) is 0.832. The summed E-state index contributed by atoms with van der Waals surface area (Å²) < 4.78 is 12.8. The highest BCUT2D eigenvalue weighted by Gasteiger charge is 2.24. The molecule has 3 amide bonds. The van der Waals surface area contributed by atoms with Gasteiger partial charge in [0.1, 0.15) is 5.82 Å². The van der Waals surface area contributed by atoms with E-state index in [0.717, 1.165) is 0 Å². The number of hydrogen-bond donors (Lipinski definition) is 1. The summed E-state index contributed by atoms with van der Waals surface area (Å²) in [5, 5.41) is 2.73. The van der Waals surface area contributed by atoms with Crippen LogP contribution >= 0.6 is 0 Å². The molecule has 0 atom stereocenters. The largest absolute Gasteiger partial charge is 0.339 e. The number of amides is 3. The first-order valence-corrected chi connectivity index (χ1v) is 8.10. The van der Waals surface area contributed by atoms with Crippen LogP contribution in [-0.4, -0.2) is 60.2 Å². The Kier molecular flexibility index (Phi) is 6.28. The summed E-state index contributed by atoms with van der Waals surface area (Å²) in [6.07, 6.45) is 0.221. The Labute approximate surface area is 140 Å². The van der Waals surface area contributed by atoms with E-state index in [1.165, 1.54) is 24.3 Å². The maximum atomic E-state index is 12.8. The summed E-state index contributed by atoms with van der Waals surface area (Å²) in [5.74, 6) is -0.669. The lowest BCUT2D eigenvalue weighted by Crippen LogP contribution is -2.53. The van der Waals surface area contributed by atoms with Crippen molar-refractivity contribution in [1.29, 1.82) is 0 Å². The Morgan fingerprint density at radius 1 is 1.00 bits per heavy atom. The highest BCUT2D eigenvalue weighted by Crippen LogP contribution is 2.10. The lowest BCUT2D eigenvalue weighted by Gasteiger charge is -2.34. The zero-order valence-corrected chi connectivity index (χ0v) is 13.8. The van der Waals surface area contributed by atoms with Crippen LogP contribution in [0.3, 0.4) is 0 Å². The minimum absolute atomic E-state index is 0.0963. The van der Waals surface area contributed by atoms with Crippen molar-refractivity contribution < 1.29 is 18.8 Å². The number of rotatable bonds is 5. The number of urea groups is 1. The Morgan fingerprint density at radius 3 is 2.17 bits per heavy atom. The van der Waals surface area contributed by atoms with Gasteiger partial charge >= 0.3 is 6.03 Å². The van der Waals surface area contributed by atoms with Gasteiger partial charge in [-0.25, -0.2) is 9.18 Å². The van der Waals surface area contributed by atoms with Crippen molar-refractivity contribution in [2.45, 2.75) is 19.8 Å². The van der Waals surface area contributed by atoms with Crippen molar-refractivity contribution in [3.8, 4) is 0 Å². The molecular weight excluding hydrogens is 313 g/mol. The van der Waals surface area contributed by atoms with Crippen molar-refractivity contribution in [3.05, 3.63) is 35.6 Å². The third-order valence-corrected chi connectivity index (χ3v) is 3.98. The number of nitrogens with zero attached hydrogens (tertiary/aromatic N) is 2. The molecular formula is C17H22FN3O3. The molecule has 130 valence electrons. The van der Waals surface area contributed by atoms with Gasteiger partial charge in [0.15, 0.2) is 5.78 Å². The lowest BCUT2D eigenvalue weighted by atomic mass is 10.1. The van der Waals surface area contributed by atoms with Crippen molar-refractivity contribution in [3.63, 3.8) is 0 Å². The van der Waals surface area contributed by atoms with Gasteiger partial charge in [-0.3, -0.25) is 9.59 Å². The van der Waals surface area contributed by atoms with Gasteiger partial charge in [-0.05, 0) is 31.2 Å². The van der Waals surface area contributed by atoms with Crippen LogP contribution in [-0.2, 0) is 4.79 Å². The van der Waals surface area contributed by atoms with E-state index in [4.69, 9.17) is 0 Å². The molecule has 1 aliphatic rings. The number of ketones is 1. The first-order chi connectivity index (χ1) is 11.5. The molecule has 1 heterocycles. The topological polar surface area (TPSA) is 69.7 Å². The summed E-state index contributed by atoms with van der Waals surface area (Å²) in [6.45, 7) is 4.35. The molecule has 1 aliphatic heterocycles. The molecule has 1 saturated heterocycles. The molecule has 0 aliphatic carbocycles. The fourth-order valence-electron chi connectivity index (χ4n) is 2.58. The molecule has 0 radical (unpaired) electrons. The highest BCUT2D eigenvalue weighted by atomic mass is 19.1. The molecule has 1 aromatic rings. The van der Waals surface area contributed by atoms with Crippen molar-refractivity contribution in [1.82, 2.24) is 15.1 Å². The summed E-state index contributed by atoms with van der Waals surface area (Å²) in [5.41, 5.74) is 0.408. The summed E-state index contributed by atoms with van der Waals surface area (Å²) >= 11 is 0. The normalized spacial score (nSPS) is 14.4. The van der Waals surface area contributed by atoms with Crippen molar-refractivity contribution in [2.24, 2.45) is 0 Å². The molecule has 2 rings (SSSR count). The second kappa shape index (κ2) is 8.42. The third-order valence-electron chi connectivity index (χ3n) is 3.98. The van der Waals surface area contributed by atoms with Crippen molar-refractivity contribution in [2.75, 3.05) is 32.7 Å². The Bertz CT molecular complexity index is 596. The second-order valence-electron chi connectivity index (χ2n) is 5.63. The van der Waals surface area contributed by atoms with E-state index in [1.54, 1.807) is 9.80 Å². The standard InChI is InChI=1S/C17H22FN3O3/c1-2-19-17(24)21-11-9-20(10-12-21)16(23)8-7-15(22)13-3-5-14(18)6-4-13/h3-6H,2,7-12H2,1H3,(H,19,24). The fraction of sp³-hybridized carbons (Fsp3) is 0.471. The van der Waals surface area contributed by atoms with Crippen LogP contribution < -0.4 is 5.32 Å². The van der Waals surface area contributed by atoms with E-state index < -0.39 is 5.82 Å². The summed E-state index contributed by atoms with van der Waals surface area (Å²) in [6, 6.07) is 5.20. The summed E-state index contributed by atoms with van der Waals surface area (Å²) in [4.78, 5) is 39.2. The Hall–Kier alpha value is -2.44. The van der Waals surface area contributed by atoms with Crippen LogP contribution in [0.25, 0.3) is 0 Å². The van der Waals surface area contributed by atoms with Crippen LogP contribution in [0.15, 0.2) is 24.3 Å². The number of halogens is 1. The van der Waals surface area contributed by atoms with Gasteiger partial charge in [-0.1, -0.05) is 0 Å². The van der Waals surface area contributed by atoms with Crippen LogP contribution in [0, 0.1) is 5.82 Å². The number of carbonyl (C=O) groups is 3. The number of Topliss-reactive ketones (excluding diaryl/α,β-unsaturated/α-hetero) is 1. The third kappa shape index (κ3) is 4.78. The first-order valence-electron chi connectivity index (χ1n) is 8.10. The van der Waals surface area contributed by atoms with E-state index in [9.17, 15) is 18.8 Å². The Balaban J connectivity index is 1.76. The minimum Gasteiger partial charge on any atom is -0.339 e. The van der Waals surface area contributed by atoms with E-state index in [-0.39, 0.29) is 30.6 Å². The van der Waals surface area contributed by atoms with E-state index in [1.807, 2.05) is 6.92 Å². The van der Waals surface area contributed by atoms with Gasteiger partial charge in [0.05, 0.1) is 0 Å². The first kappa shape index (κ1) is 17.9. The van der Waals surface area contributed by atoms with Crippen LogP contribution in [0.4, 0.5) is 9.18 Å². The van der Waals surface area contributed by atoms with Gasteiger partial charge in [-0.15, -0.1) is 0 Å². The average Bonchev–Trinajstić information content (AvgIpc) is 2.60. The molecule has 0 unspecified atom stereocenters. The van der Waals surface area contributed by atoms with Gasteiger partial charge in [-0.2, -0.15) is 0 Å².